The summed E-state index contributed by atoms with van der Waals surface area (Å²) in [4.78, 5) is 104. The van der Waals surface area contributed by atoms with Gasteiger partial charge in [-0.2, -0.15) is 0 Å². The lowest BCUT2D eigenvalue weighted by Gasteiger charge is -2.42. The van der Waals surface area contributed by atoms with Gasteiger partial charge >= 0.3 is 0 Å². The molecule has 3 aliphatic rings. The molecule has 87 heavy (non-hydrogen) atoms. The first-order valence-electron chi connectivity index (χ1n) is 28.6. The van der Waals surface area contributed by atoms with Gasteiger partial charge in [0.15, 0.2) is 24.9 Å². The van der Waals surface area contributed by atoms with E-state index in [2.05, 4.69) is 42.5 Å². The second kappa shape index (κ2) is 39.9. The van der Waals surface area contributed by atoms with Gasteiger partial charge in [0.05, 0.1) is 84.9 Å². The van der Waals surface area contributed by atoms with E-state index < -0.39 is 177 Å². The van der Waals surface area contributed by atoms with E-state index in [0.717, 1.165) is 0 Å². The van der Waals surface area contributed by atoms with Crippen LogP contribution < -0.4 is 42.5 Å². The second-order valence-electron chi connectivity index (χ2n) is 21.0. The van der Waals surface area contributed by atoms with Gasteiger partial charge in [-0.3, -0.25) is 38.4 Å². The molecule has 0 aliphatic carbocycles. The molecule has 0 radical (unpaired) electrons. The molecule has 3 heterocycles. The lowest BCUT2D eigenvalue weighted by atomic mass is 9.97. The molecule has 3 aliphatic heterocycles. The normalized spacial score (nSPS) is 28.1. The highest BCUT2D eigenvalue weighted by Crippen LogP contribution is 2.25. The van der Waals surface area contributed by atoms with Gasteiger partial charge in [0.2, 0.25) is 35.4 Å². The van der Waals surface area contributed by atoms with Crippen LogP contribution in [0.5, 0.6) is 0 Å². The van der Waals surface area contributed by atoms with E-state index in [-0.39, 0.29) is 105 Å². The first kappa shape index (κ1) is 76.2. The van der Waals surface area contributed by atoms with Crippen LogP contribution in [0.15, 0.2) is 0 Å². The van der Waals surface area contributed by atoms with Crippen LogP contribution in [-0.2, 0) is 85.7 Å². The topological polar surface area (TPSA) is 507 Å². The van der Waals surface area contributed by atoms with E-state index in [4.69, 9.17) is 47.4 Å². The van der Waals surface area contributed by atoms with Gasteiger partial charge in [0.25, 0.3) is 11.8 Å². The molecule has 17 N–H and O–H groups in total. The summed E-state index contributed by atoms with van der Waals surface area (Å²) in [5, 5.41) is 111. The highest BCUT2D eigenvalue weighted by molar-refractivity contribution is 6.08. The molecule has 35 nitrogen and oxygen atoms in total. The molecular weight excluding hydrogens is 1170 g/mol. The van der Waals surface area contributed by atoms with Crippen LogP contribution in [0, 0.1) is 0 Å². The van der Waals surface area contributed by atoms with Crippen molar-refractivity contribution in [3.8, 4) is 0 Å². The summed E-state index contributed by atoms with van der Waals surface area (Å²) in [5.41, 5.74) is -0.769. The molecule has 8 amide bonds. The van der Waals surface area contributed by atoms with Gasteiger partial charge in [-0.25, -0.2) is 0 Å². The molecule has 35 heteroatoms. The molecule has 3 saturated heterocycles. The van der Waals surface area contributed by atoms with Crippen molar-refractivity contribution in [1.82, 2.24) is 42.5 Å². The Balaban J connectivity index is 1.67. The Hall–Kier alpha value is -5.00. The van der Waals surface area contributed by atoms with Gasteiger partial charge in [-0.15, -0.1) is 0 Å². The van der Waals surface area contributed by atoms with Crippen molar-refractivity contribution in [2.75, 3.05) is 106 Å². The quantitative estimate of drug-likeness (QED) is 0.0200. The molecular formula is C52H92N8O27. The van der Waals surface area contributed by atoms with Gasteiger partial charge in [-0.05, 0) is 33.6 Å². The van der Waals surface area contributed by atoms with Gasteiger partial charge in [-0.1, -0.05) is 0 Å². The summed E-state index contributed by atoms with van der Waals surface area (Å²) in [7, 11) is 0. The Morgan fingerprint density at radius 1 is 0.471 bits per heavy atom. The Bertz CT molecular complexity index is 2120. The zero-order chi connectivity index (χ0) is 64.8. The molecule has 502 valence electrons. The SMILES string of the molecule is CCOC(C)(C)CCC(=O)NC(C(=O)NCCOCCOC1OC(CO)C(O)C(O)C1NC(C)=O)C(=O)NC(CCC(=O)NCCOCCOC1OC(CO)C(O)C(O)C1NC(C)=O)C(=O)NCCOCCOC1OC(CO)C(O)C(O)C1NC(C)=O. The van der Waals surface area contributed by atoms with Crippen molar-refractivity contribution < 1.29 is 132 Å². The predicted octanol–water partition coefficient (Wildman–Crippen LogP) is -9.39. The van der Waals surface area contributed by atoms with Crippen LogP contribution >= 0.6 is 0 Å². The molecule has 0 aromatic carbocycles. The predicted molar refractivity (Wildman–Crippen MR) is 293 cm³/mol. The number of carbonyl (C=O) groups excluding carboxylic acids is 8. The number of amides is 8. The summed E-state index contributed by atoms with van der Waals surface area (Å²) in [5.74, 6) is -6.03. The molecule has 0 aromatic rings. The largest absolute Gasteiger partial charge is 0.394 e. The maximum absolute atomic E-state index is 14.1. The van der Waals surface area contributed by atoms with Crippen LogP contribution in [0.25, 0.3) is 0 Å². The fraction of sp³-hybridized carbons (Fsp3) is 0.846. The van der Waals surface area contributed by atoms with Crippen molar-refractivity contribution in [3.63, 3.8) is 0 Å². The maximum Gasteiger partial charge on any atom is 0.253 e. The van der Waals surface area contributed by atoms with Crippen LogP contribution in [0.2, 0.25) is 0 Å². The van der Waals surface area contributed by atoms with Crippen molar-refractivity contribution in [3.05, 3.63) is 0 Å². The molecule has 0 bridgehead atoms. The van der Waals surface area contributed by atoms with E-state index in [0.29, 0.717) is 6.61 Å². The first-order chi connectivity index (χ1) is 41.3. The fourth-order valence-corrected chi connectivity index (χ4v) is 9.04. The van der Waals surface area contributed by atoms with Crippen molar-refractivity contribution in [1.29, 1.82) is 0 Å². The van der Waals surface area contributed by atoms with Gasteiger partial charge in [0, 0.05) is 59.9 Å². The zero-order valence-electron chi connectivity index (χ0n) is 49.8. The zero-order valence-corrected chi connectivity index (χ0v) is 49.8. The summed E-state index contributed by atoms with van der Waals surface area (Å²) in [6.45, 7) is 5.38. The average Bonchev–Trinajstić information content (AvgIpc) is 2.72. The van der Waals surface area contributed by atoms with E-state index in [1.165, 1.54) is 20.8 Å². The third kappa shape index (κ3) is 26.5. The minimum atomic E-state index is -1.95. The summed E-state index contributed by atoms with van der Waals surface area (Å²) in [6.07, 6.45) is -17.5. The number of rotatable bonds is 40. The molecule has 17 atom stereocenters. The van der Waals surface area contributed by atoms with Crippen LogP contribution in [-0.4, -0.2) is 308 Å². The molecule has 0 aromatic heterocycles. The summed E-state index contributed by atoms with van der Waals surface area (Å²) in [6, 6.07) is -7.06. The maximum atomic E-state index is 14.1. The van der Waals surface area contributed by atoms with Gasteiger partial charge in [0.1, 0.15) is 79.1 Å². The number of nitrogens with one attached hydrogen (secondary N) is 8. The monoisotopic (exact) mass is 1260 g/mol. The summed E-state index contributed by atoms with van der Waals surface area (Å²) >= 11 is 0. The number of hydrogen-bond donors (Lipinski definition) is 17. The number of aliphatic hydroxyl groups excluding tert-OH is 9. The van der Waals surface area contributed by atoms with E-state index in [9.17, 15) is 84.3 Å². The number of carbonyl (C=O) groups is 8. The number of hydrogen-bond acceptors (Lipinski definition) is 27. The Morgan fingerprint density at radius 2 is 0.851 bits per heavy atom. The first-order valence-corrected chi connectivity index (χ1v) is 28.6. The van der Waals surface area contributed by atoms with Crippen molar-refractivity contribution in [2.45, 2.75) is 177 Å². The van der Waals surface area contributed by atoms with Crippen molar-refractivity contribution >= 4 is 47.3 Å². The Kier molecular flexibility index (Phi) is 35.0. The lowest BCUT2D eigenvalue weighted by Crippen LogP contribution is -2.64. The molecule has 3 fully saturated rings. The minimum Gasteiger partial charge on any atom is -0.394 e. The van der Waals surface area contributed by atoms with Crippen LogP contribution in [0.3, 0.4) is 0 Å². The van der Waals surface area contributed by atoms with Crippen LogP contribution in [0.1, 0.15) is 67.2 Å². The van der Waals surface area contributed by atoms with E-state index in [1.807, 2.05) is 0 Å². The van der Waals surface area contributed by atoms with E-state index in [1.54, 1.807) is 20.8 Å². The molecule has 17 unspecified atom stereocenters. The highest BCUT2D eigenvalue weighted by atomic mass is 16.7. The highest BCUT2D eigenvalue weighted by Gasteiger charge is 2.48. The second-order valence-corrected chi connectivity index (χ2v) is 21.0. The molecule has 3 rings (SSSR count). The van der Waals surface area contributed by atoms with E-state index >= 15 is 0 Å². The number of aliphatic hydroxyl groups is 9. The Labute approximate surface area is 502 Å². The minimum absolute atomic E-state index is 0.0559. The molecule has 0 spiro atoms. The fourth-order valence-electron chi connectivity index (χ4n) is 9.04. The Morgan fingerprint density at radius 3 is 1.22 bits per heavy atom. The third-order valence-corrected chi connectivity index (χ3v) is 13.6. The standard InChI is InChI=1S/C52H92N8O27/c1-7-84-52(5,6)11-10-35(68)60-39(47(76)55-14-17-80-20-23-83-51-38(58-29(4)66)45(74)42(71)33(26-63)87-51)48(77)59-30(46(75)54-13-16-79-19-22-82-50-37(57-28(3)65)44(73)41(70)32(25-62)86-50)8-9-34(67)53-12-15-78-18-21-81-49-36(56-27(2)64)43(72)40(69)31(24-61)85-49/h30-33,36-45,49-51,61-63,69-74H,7-26H2,1-6H3,(H,53,67)(H,54,75)(H,55,76)(H,56,64)(H,57,65)(H,58,66)(H,59,77)(H,60,68). The summed E-state index contributed by atoms with van der Waals surface area (Å²) < 4.78 is 55.7. The van der Waals surface area contributed by atoms with Crippen LogP contribution in [0.4, 0.5) is 0 Å². The third-order valence-electron chi connectivity index (χ3n) is 13.6. The number of ether oxygens (including phenoxy) is 10. The lowest BCUT2D eigenvalue weighted by molar-refractivity contribution is -0.272. The van der Waals surface area contributed by atoms with Crippen molar-refractivity contribution in [2.24, 2.45) is 0 Å². The smallest absolute Gasteiger partial charge is 0.253 e. The van der Waals surface area contributed by atoms with Gasteiger partial charge < -0.3 is 136 Å². The average molecular weight is 1260 g/mol. The molecule has 0 saturated carbocycles.